The van der Waals surface area contributed by atoms with E-state index in [1.54, 1.807) is 17.5 Å². The summed E-state index contributed by atoms with van der Waals surface area (Å²) >= 11 is 1.25. The Balaban J connectivity index is 1.44. The van der Waals surface area contributed by atoms with Crippen molar-refractivity contribution < 1.29 is 22.8 Å². The summed E-state index contributed by atoms with van der Waals surface area (Å²) in [6, 6.07) is 6.63. The van der Waals surface area contributed by atoms with E-state index in [0.717, 1.165) is 10.6 Å². The molecule has 2 aromatic rings. The van der Waals surface area contributed by atoms with E-state index < -0.39 is 21.8 Å². The first-order chi connectivity index (χ1) is 15.2. The maximum absolute atomic E-state index is 12.7. The predicted octanol–water partition coefficient (Wildman–Crippen LogP) is 1.87. The average molecular weight is 476 g/mol. The van der Waals surface area contributed by atoms with Gasteiger partial charge in [0.05, 0.1) is 23.2 Å². The van der Waals surface area contributed by atoms with Gasteiger partial charge in [0.2, 0.25) is 11.8 Å². The number of aromatic nitrogens is 1. The predicted molar refractivity (Wildman–Crippen MR) is 121 cm³/mol. The minimum atomic E-state index is -3.18. The zero-order valence-corrected chi connectivity index (χ0v) is 18.8. The Kier molecular flexibility index (Phi) is 6.07. The molecule has 1 aromatic heterocycles. The quantitative estimate of drug-likeness (QED) is 0.677. The van der Waals surface area contributed by atoms with Gasteiger partial charge < -0.3 is 5.32 Å². The van der Waals surface area contributed by atoms with E-state index in [-0.39, 0.29) is 41.9 Å². The van der Waals surface area contributed by atoms with Gasteiger partial charge in [-0.15, -0.1) is 11.3 Å². The Hall–Kier alpha value is -3.12. The summed E-state index contributed by atoms with van der Waals surface area (Å²) in [7, 11) is -3.18. The highest BCUT2D eigenvalue weighted by molar-refractivity contribution is 7.91. The fourth-order valence-corrected chi connectivity index (χ4v) is 5.96. The number of hydrogen-bond donors (Lipinski definition) is 2. The van der Waals surface area contributed by atoms with Crippen molar-refractivity contribution in [2.45, 2.75) is 32.2 Å². The lowest BCUT2D eigenvalue weighted by Gasteiger charge is -2.27. The number of anilines is 2. The number of nitrogens with one attached hydrogen (secondary N) is 2. The lowest BCUT2D eigenvalue weighted by Crippen LogP contribution is -2.42. The number of nitrogens with zero attached hydrogens (tertiary/aromatic N) is 3. The molecule has 2 aliphatic rings. The van der Waals surface area contributed by atoms with Crippen LogP contribution in [-0.2, 0) is 24.2 Å². The molecule has 10 nitrogen and oxygen atoms in total. The zero-order valence-electron chi connectivity index (χ0n) is 17.2. The number of thiazole rings is 1. The van der Waals surface area contributed by atoms with Gasteiger partial charge >= 0.3 is 0 Å². The van der Waals surface area contributed by atoms with Gasteiger partial charge in [-0.05, 0) is 18.6 Å². The summed E-state index contributed by atoms with van der Waals surface area (Å²) in [5.74, 6) is -1.01. The fourth-order valence-electron chi connectivity index (χ4n) is 3.55. The summed E-state index contributed by atoms with van der Waals surface area (Å²) in [6.45, 7) is 1.44. The van der Waals surface area contributed by atoms with Gasteiger partial charge in [0.25, 0.3) is 5.91 Å². The highest BCUT2D eigenvalue weighted by Crippen LogP contribution is 2.27. The van der Waals surface area contributed by atoms with Crippen LogP contribution < -0.4 is 10.6 Å². The molecular formula is C20H21N5O5S2. The second-order valence-electron chi connectivity index (χ2n) is 7.59. The van der Waals surface area contributed by atoms with Crippen LogP contribution >= 0.6 is 11.3 Å². The first kappa shape index (κ1) is 22.1. The normalized spacial score (nSPS) is 20.0. The molecule has 168 valence electrons. The number of carbonyl (C=O) groups excluding carboxylic acids is 3. The van der Waals surface area contributed by atoms with Crippen molar-refractivity contribution in [3.8, 4) is 11.3 Å². The number of hydrogen-bond acceptors (Lipinski definition) is 8. The van der Waals surface area contributed by atoms with E-state index in [0.29, 0.717) is 22.9 Å². The van der Waals surface area contributed by atoms with Gasteiger partial charge in [-0.25, -0.2) is 18.4 Å². The highest BCUT2D eigenvalue weighted by atomic mass is 32.2. The Bertz CT molecular complexity index is 1200. The molecule has 0 saturated carbocycles. The Morgan fingerprint density at radius 3 is 2.56 bits per heavy atom. The maximum atomic E-state index is 12.7. The molecule has 2 N–H and O–H groups in total. The minimum absolute atomic E-state index is 0.0200. The largest absolute Gasteiger partial charge is 0.326 e. The molecule has 1 aromatic carbocycles. The second kappa shape index (κ2) is 8.79. The van der Waals surface area contributed by atoms with Crippen LogP contribution in [0.1, 0.15) is 26.2 Å². The van der Waals surface area contributed by atoms with Crippen LogP contribution in [0.4, 0.5) is 10.8 Å². The summed E-state index contributed by atoms with van der Waals surface area (Å²) in [5, 5.41) is 12.9. The van der Waals surface area contributed by atoms with Crippen LogP contribution in [0.5, 0.6) is 0 Å². The molecule has 1 saturated heterocycles. The summed E-state index contributed by atoms with van der Waals surface area (Å²) in [5.41, 5.74) is 2.34. The van der Waals surface area contributed by atoms with Gasteiger partial charge in [0.15, 0.2) is 15.0 Å². The summed E-state index contributed by atoms with van der Waals surface area (Å²) < 4.78 is 23.5. The number of amides is 3. The van der Waals surface area contributed by atoms with E-state index in [2.05, 4.69) is 20.7 Å². The molecular weight excluding hydrogens is 454 g/mol. The van der Waals surface area contributed by atoms with Crippen LogP contribution in [0, 0.1) is 0 Å². The molecule has 12 heteroatoms. The van der Waals surface area contributed by atoms with Crippen molar-refractivity contribution in [1.82, 2.24) is 9.99 Å². The maximum Gasteiger partial charge on any atom is 0.273 e. The number of rotatable bonds is 5. The van der Waals surface area contributed by atoms with Crippen molar-refractivity contribution in [1.29, 1.82) is 0 Å². The van der Waals surface area contributed by atoms with Crippen molar-refractivity contribution in [3.63, 3.8) is 0 Å². The van der Waals surface area contributed by atoms with E-state index in [4.69, 9.17) is 0 Å². The van der Waals surface area contributed by atoms with Crippen molar-refractivity contribution >= 4 is 55.4 Å². The van der Waals surface area contributed by atoms with Gasteiger partial charge in [-0.1, -0.05) is 12.1 Å². The average Bonchev–Trinajstić information content (AvgIpc) is 3.34. The van der Waals surface area contributed by atoms with Crippen LogP contribution in [0.15, 0.2) is 34.7 Å². The lowest BCUT2D eigenvalue weighted by molar-refractivity contribution is -0.133. The first-order valence-corrected chi connectivity index (χ1v) is 12.7. The van der Waals surface area contributed by atoms with E-state index in [1.807, 2.05) is 12.1 Å². The Morgan fingerprint density at radius 1 is 1.16 bits per heavy atom. The number of benzene rings is 1. The molecule has 1 atom stereocenters. The summed E-state index contributed by atoms with van der Waals surface area (Å²) in [6.07, 6.45) is 0.610. The van der Waals surface area contributed by atoms with Crippen LogP contribution in [0.2, 0.25) is 0 Å². The highest BCUT2D eigenvalue weighted by Gasteiger charge is 2.37. The third-order valence-corrected chi connectivity index (χ3v) is 7.61. The molecule has 4 rings (SSSR count). The first-order valence-electron chi connectivity index (χ1n) is 9.95. The Morgan fingerprint density at radius 2 is 1.91 bits per heavy atom. The second-order valence-corrected chi connectivity index (χ2v) is 10.7. The molecule has 0 aliphatic carbocycles. The standard InChI is InChI=1S/C20H21N5O5S2/c1-12(26)21-14-4-2-13(3-5-14)17-10-31-20(22-17)23-19(28)16-6-7-18(27)25(24-16)15-8-9-32(29,30)11-15/h2-5,10,15H,6-9,11H2,1H3,(H,21,26)(H,22,23,28). The van der Waals surface area contributed by atoms with Gasteiger partial charge in [-0.3, -0.25) is 19.7 Å². The molecule has 32 heavy (non-hydrogen) atoms. The molecule has 0 spiro atoms. The molecule has 0 bridgehead atoms. The molecule has 1 unspecified atom stereocenters. The van der Waals surface area contributed by atoms with E-state index >= 15 is 0 Å². The smallest absolute Gasteiger partial charge is 0.273 e. The van der Waals surface area contributed by atoms with Crippen LogP contribution in [0.3, 0.4) is 0 Å². The fraction of sp³-hybridized carbons (Fsp3) is 0.350. The zero-order chi connectivity index (χ0) is 22.9. The SMILES string of the molecule is CC(=O)Nc1ccc(-c2csc(NC(=O)C3=NN(C4CCS(=O)(=O)C4)C(=O)CC3)n2)cc1. The molecule has 1 fully saturated rings. The van der Waals surface area contributed by atoms with Crippen molar-refractivity contribution in [3.05, 3.63) is 29.6 Å². The van der Waals surface area contributed by atoms with Crippen molar-refractivity contribution in [2.24, 2.45) is 5.10 Å². The molecule has 2 aliphatic heterocycles. The van der Waals surface area contributed by atoms with Gasteiger partial charge in [0, 0.05) is 36.4 Å². The number of carbonyl (C=O) groups is 3. The topological polar surface area (TPSA) is 138 Å². The van der Waals surface area contributed by atoms with E-state index in [9.17, 15) is 22.8 Å². The molecule has 0 radical (unpaired) electrons. The monoisotopic (exact) mass is 475 g/mol. The van der Waals surface area contributed by atoms with E-state index in [1.165, 1.54) is 18.3 Å². The van der Waals surface area contributed by atoms with Crippen LogP contribution in [-0.4, -0.2) is 59.4 Å². The third kappa shape index (κ3) is 5.02. The Labute approximate surface area is 188 Å². The van der Waals surface area contributed by atoms with Gasteiger partial charge in [0.1, 0.15) is 5.71 Å². The number of hydrazone groups is 1. The van der Waals surface area contributed by atoms with Gasteiger partial charge in [-0.2, -0.15) is 5.10 Å². The summed E-state index contributed by atoms with van der Waals surface area (Å²) in [4.78, 5) is 40.5. The lowest BCUT2D eigenvalue weighted by atomic mass is 10.1. The van der Waals surface area contributed by atoms with Crippen LogP contribution in [0.25, 0.3) is 11.3 Å². The minimum Gasteiger partial charge on any atom is -0.326 e. The molecule has 3 heterocycles. The third-order valence-electron chi connectivity index (χ3n) is 5.10. The number of sulfone groups is 1. The van der Waals surface area contributed by atoms with Crippen molar-refractivity contribution in [2.75, 3.05) is 22.1 Å². The molecule has 3 amide bonds.